The number of benzene rings is 1. The number of carbonyl (C=O) groups is 3. The maximum atomic E-state index is 12.6. The summed E-state index contributed by atoms with van der Waals surface area (Å²) >= 11 is 0. The summed E-state index contributed by atoms with van der Waals surface area (Å²) in [5, 5.41) is 19.1. The van der Waals surface area contributed by atoms with Gasteiger partial charge in [-0.3, -0.25) is 24.6 Å². The van der Waals surface area contributed by atoms with Gasteiger partial charge in [0.2, 0.25) is 5.91 Å². The summed E-state index contributed by atoms with van der Waals surface area (Å²) in [6.07, 6.45) is 4.07. The quantitative estimate of drug-likeness (QED) is 0.279. The van der Waals surface area contributed by atoms with E-state index in [1.165, 1.54) is 12.1 Å². The van der Waals surface area contributed by atoms with Gasteiger partial charge in [-0.15, -0.1) is 0 Å². The molecule has 150 valence electrons. The number of urea groups is 1. The van der Waals surface area contributed by atoms with Gasteiger partial charge in [0, 0.05) is 30.9 Å². The third-order valence-corrected chi connectivity index (χ3v) is 5.11. The highest BCUT2D eigenvalue weighted by atomic mass is 16.6. The van der Waals surface area contributed by atoms with E-state index in [2.05, 4.69) is 16.0 Å². The van der Waals surface area contributed by atoms with E-state index in [1.807, 2.05) is 0 Å². The molecule has 1 aromatic rings. The smallest absolute Gasteiger partial charge is 0.325 e. The lowest BCUT2D eigenvalue weighted by Gasteiger charge is -2.30. The van der Waals surface area contributed by atoms with Crippen LogP contribution in [0.25, 0.3) is 0 Å². The van der Waals surface area contributed by atoms with Crippen molar-refractivity contribution in [3.05, 3.63) is 34.4 Å². The summed E-state index contributed by atoms with van der Waals surface area (Å²) in [4.78, 5) is 48.0. The Hall–Kier alpha value is -3.17. The molecule has 1 aromatic carbocycles. The first kappa shape index (κ1) is 19.6. The Kier molecular flexibility index (Phi) is 5.76. The molecule has 0 unspecified atom stereocenters. The molecule has 1 heterocycles. The lowest BCUT2D eigenvalue weighted by Crippen LogP contribution is -2.49. The van der Waals surface area contributed by atoms with Crippen LogP contribution in [0.5, 0.6) is 0 Å². The zero-order valence-corrected chi connectivity index (χ0v) is 15.4. The molecule has 1 spiro atoms. The minimum atomic E-state index is -0.826. The highest BCUT2D eigenvalue weighted by Gasteiger charge is 2.51. The van der Waals surface area contributed by atoms with Gasteiger partial charge in [0.25, 0.3) is 11.6 Å². The van der Waals surface area contributed by atoms with Crippen molar-refractivity contribution >= 4 is 29.2 Å². The Labute approximate surface area is 161 Å². The maximum absolute atomic E-state index is 12.6. The van der Waals surface area contributed by atoms with Crippen LogP contribution in [0.2, 0.25) is 0 Å². The van der Waals surface area contributed by atoms with Crippen molar-refractivity contribution < 1.29 is 19.3 Å². The summed E-state index contributed by atoms with van der Waals surface area (Å²) in [6, 6.07) is 5.43. The first-order chi connectivity index (χ1) is 13.4. The van der Waals surface area contributed by atoms with Crippen molar-refractivity contribution in [2.24, 2.45) is 0 Å². The fraction of sp³-hybridized carbons (Fsp3) is 0.500. The molecule has 2 fully saturated rings. The molecule has 0 bridgehead atoms. The van der Waals surface area contributed by atoms with Crippen molar-refractivity contribution in [2.75, 3.05) is 25.0 Å². The number of anilines is 1. The summed E-state index contributed by atoms with van der Waals surface area (Å²) in [6.45, 7) is 0.377. The second-order valence-electron chi connectivity index (χ2n) is 7.04. The maximum Gasteiger partial charge on any atom is 0.325 e. The Balaban J connectivity index is 1.42. The van der Waals surface area contributed by atoms with E-state index in [-0.39, 0.29) is 24.7 Å². The summed E-state index contributed by atoms with van der Waals surface area (Å²) in [5.74, 6) is -0.724. The summed E-state index contributed by atoms with van der Waals surface area (Å²) in [7, 11) is 0. The molecule has 1 saturated carbocycles. The van der Waals surface area contributed by atoms with Crippen LogP contribution in [0.1, 0.15) is 32.1 Å². The molecule has 3 N–H and O–H groups in total. The second kappa shape index (κ2) is 8.24. The average molecular weight is 389 g/mol. The van der Waals surface area contributed by atoms with Gasteiger partial charge in [0.15, 0.2) is 0 Å². The molecule has 2 aliphatic rings. The number of non-ortho nitro benzene ring substituents is 1. The van der Waals surface area contributed by atoms with E-state index >= 15 is 0 Å². The van der Waals surface area contributed by atoms with Crippen molar-refractivity contribution in [1.29, 1.82) is 0 Å². The Bertz CT molecular complexity index is 773. The van der Waals surface area contributed by atoms with Crippen molar-refractivity contribution in [1.82, 2.24) is 15.5 Å². The second-order valence-corrected chi connectivity index (χ2v) is 7.04. The number of imide groups is 1. The average Bonchev–Trinajstić information content (AvgIpc) is 2.90. The monoisotopic (exact) mass is 389 g/mol. The molecule has 0 radical (unpaired) electrons. The molecule has 3 rings (SSSR count). The number of rotatable bonds is 7. The molecule has 1 aliphatic heterocycles. The molecule has 4 amide bonds. The standard InChI is InChI=1S/C18H23N5O5/c24-15(20-11-10-19-13-4-6-14(7-5-13)23(27)28)12-22-16(25)18(21-17(22)26)8-2-1-3-9-18/h4-7,19H,1-3,8-12H2,(H,20,24)(H,21,26). The van der Waals surface area contributed by atoms with Crippen LogP contribution in [0.3, 0.4) is 0 Å². The van der Waals surface area contributed by atoms with Crippen LogP contribution >= 0.6 is 0 Å². The van der Waals surface area contributed by atoms with Crippen LogP contribution in [0.15, 0.2) is 24.3 Å². The Morgan fingerprint density at radius 3 is 2.46 bits per heavy atom. The Morgan fingerprint density at radius 2 is 1.82 bits per heavy atom. The topological polar surface area (TPSA) is 134 Å². The highest BCUT2D eigenvalue weighted by molar-refractivity contribution is 6.09. The van der Waals surface area contributed by atoms with Crippen LogP contribution in [-0.4, -0.2) is 52.8 Å². The summed E-state index contributed by atoms with van der Waals surface area (Å²) < 4.78 is 0. The zero-order valence-electron chi connectivity index (χ0n) is 15.4. The third kappa shape index (κ3) is 4.21. The minimum Gasteiger partial charge on any atom is -0.383 e. The normalized spacial score (nSPS) is 18.1. The van der Waals surface area contributed by atoms with Gasteiger partial charge >= 0.3 is 6.03 Å². The van der Waals surface area contributed by atoms with Crippen molar-refractivity contribution in [3.63, 3.8) is 0 Å². The van der Waals surface area contributed by atoms with Gasteiger partial charge in [-0.05, 0) is 25.0 Å². The van der Waals surface area contributed by atoms with E-state index in [0.717, 1.165) is 24.2 Å². The molecular formula is C18H23N5O5. The first-order valence-electron chi connectivity index (χ1n) is 9.30. The van der Waals surface area contributed by atoms with Crippen LogP contribution in [0.4, 0.5) is 16.2 Å². The molecule has 1 aliphatic carbocycles. The van der Waals surface area contributed by atoms with Crippen LogP contribution < -0.4 is 16.0 Å². The van der Waals surface area contributed by atoms with Crippen molar-refractivity contribution in [3.8, 4) is 0 Å². The SMILES string of the molecule is O=C(CN1C(=O)NC2(CCCCC2)C1=O)NCCNc1ccc([N+](=O)[O-])cc1. The number of hydrogen-bond donors (Lipinski definition) is 3. The number of nitro benzene ring substituents is 1. The van der Waals surface area contributed by atoms with Gasteiger partial charge in [-0.2, -0.15) is 0 Å². The predicted octanol–water partition coefficient (Wildman–Crippen LogP) is 1.38. The van der Waals surface area contributed by atoms with Crippen LogP contribution in [0, 0.1) is 10.1 Å². The Morgan fingerprint density at radius 1 is 1.14 bits per heavy atom. The fourth-order valence-electron chi connectivity index (χ4n) is 3.62. The number of hydrogen-bond acceptors (Lipinski definition) is 6. The van der Waals surface area contributed by atoms with Crippen LogP contribution in [-0.2, 0) is 9.59 Å². The molecule has 10 nitrogen and oxygen atoms in total. The lowest BCUT2D eigenvalue weighted by atomic mass is 9.82. The van der Waals surface area contributed by atoms with Gasteiger partial charge in [-0.25, -0.2) is 4.79 Å². The fourth-order valence-corrected chi connectivity index (χ4v) is 3.62. The van der Waals surface area contributed by atoms with E-state index < -0.39 is 22.4 Å². The number of nitrogens with one attached hydrogen (secondary N) is 3. The van der Waals surface area contributed by atoms with Gasteiger partial charge < -0.3 is 16.0 Å². The number of nitrogens with zero attached hydrogens (tertiary/aromatic N) is 2. The van der Waals surface area contributed by atoms with E-state index in [1.54, 1.807) is 12.1 Å². The highest BCUT2D eigenvalue weighted by Crippen LogP contribution is 2.33. The van der Waals surface area contributed by atoms with Gasteiger partial charge in [0.05, 0.1) is 4.92 Å². The molecule has 10 heteroatoms. The molecule has 1 saturated heterocycles. The number of nitro groups is 1. The first-order valence-corrected chi connectivity index (χ1v) is 9.30. The molecule has 0 aromatic heterocycles. The van der Waals surface area contributed by atoms with Gasteiger partial charge in [-0.1, -0.05) is 19.3 Å². The van der Waals surface area contributed by atoms with E-state index in [0.29, 0.717) is 25.1 Å². The van der Waals surface area contributed by atoms with E-state index in [4.69, 9.17) is 0 Å². The third-order valence-electron chi connectivity index (χ3n) is 5.11. The zero-order chi connectivity index (χ0) is 20.1. The largest absolute Gasteiger partial charge is 0.383 e. The van der Waals surface area contributed by atoms with Crippen molar-refractivity contribution in [2.45, 2.75) is 37.6 Å². The minimum absolute atomic E-state index is 0.00291. The molecule has 28 heavy (non-hydrogen) atoms. The summed E-state index contributed by atoms with van der Waals surface area (Å²) in [5.41, 5.74) is -0.135. The number of carbonyl (C=O) groups excluding carboxylic acids is 3. The van der Waals surface area contributed by atoms with Gasteiger partial charge in [0.1, 0.15) is 12.1 Å². The number of amides is 4. The lowest BCUT2D eigenvalue weighted by molar-refractivity contribution is -0.384. The predicted molar refractivity (Wildman–Crippen MR) is 101 cm³/mol. The molecular weight excluding hydrogens is 366 g/mol. The van der Waals surface area contributed by atoms with E-state index in [9.17, 15) is 24.5 Å². The molecule has 0 atom stereocenters.